The van der Waals surface area contributed by atoms with E-state index < -0.39 is 156 Å². The molecule has 1 atom stereocenters. The molecule has 0 saturated carbocycles. The monoisotopic (exact) mass is 1410 g/mol. The van der Waals surface area contributed by atoms with Crippen LogP contribution in [-0.4, -0.2) is 130 Å². The normalized spacial score (nSPS) is 13.1. The molecule has 1 unspecified atom stereocenters. The summed E-state index contributed by atoms with van der Waals surface area (Å²) in [4.78, 5) is 12.6. The lowest BCUT2D eigenvalue weighted by Crippen LogP contribution is -2.16. The second-order valence-electron chi connectivity index (χ2n) is 15.8. The molecule has 0 radical (unpaired) electrons. The Hall–Kier alpha value is -6.15. The van der Waals surface area contributed by atoms with Crippen molar-refractivity contribution in [3.63, 3.8) is 0 Å². The van der Waals surface area contributed by atoms with Crippen molar-refractivity contribution < 1.29 is 132 Å². The number of halogens is 1. The van der Waals surface area contributed by atoms with E-state index in [2.05, 4.69) is 78.3 Å². The number of nitrogens with zero attached hydrogens (tertiary/aromatic N) is 7. The summed E-state index contributed by atoms with van der Waals surface area (Å²) in [6.45, 7) is -1.37. The number of benzene rings is 6. The quantitative estimate of drug-likeness (QED) is 0.00511. The number of phenols is 2. The van der Waals surface area contributed by atoms with Gasteiger partial charge in [0.1, 0.15) is 31.7 Å². The molecule has 1 aromatic heterocycles. The summed E-state index contributed by atoms with van der Waals surface area (Å²) in [5, 5.41) is 78.3. The van der Waals surface area contributed by atoms with Crippen molar-refractivity contribution >= 4 is 177 Å². The Morgan fingerprint density at radius 3 is 1.87 bits per heavy atom. The molecule has 0 bridgehead atoms. The standard InChI is InChI=1S/C39H32ClN9O29S9/c40-37-43-38(41-26-8-6-23-24(36(26)86(64,65)66)17-28(81-77-73-53)32(34(23)50)48-46-19-1-3-20(4-2-19)79-75-70-9-11-82(55)78-74-54)45-39(44-37)42-27-15-21(80-76-72-52)13-18-14-30(85(61,62)63)33(35(51)31(18)27)49-47-25-7-5-22(16-29(25)84(58,59)60)83(56,57)12-10-71-87(67,68)69/h1-8,13-17,50-54H,9-12H2,(H,58,59,60)(H,61,62,63)(H,64,65,66)(H,67,68,69)(H2,41,42,43,44,45). The van der Waals surface area contributed by atoms with Crippen LogP contribution in [0.4, 0.5) is 46.0 Å². The Morgan fingerprint density at radius 1 is 0.598 bits per heavy atom. The molecule has 0 spiro atoms. The summed E-state index contributed by atoms with van der Waals surface area (Å²) >= 11 is 5.46. The SMILES string of the molecule is O=S(CCOOSc1ccc(N=Nc2c(SOOO)cc3c(S(=O)(=O)O)c(Nc4nc(Cl)nc(Nc5cc(SOOO)cc6cc(S(=O)(=O)O)c(N=Nc7ccc(S(=O)(=O)CCOS(=O)(=O)O)cc7S(=O)(=O)O)c(O)c56)n4)ccc3c2O)cc1)OOO. The fraction of sp³-hybridized carbons (Fsp3) is 0.103. The lowest BCUT2D eigenvalue weighted by molar-refractivity contribution is -0.435. The van der Waals surface area contributed by atoms with Gasteiger partial charge in [0, 0.05) is 25.9 Å². The van der Waals surface area contributed by atoms with Crippen LogP contribution in [0, 0.1) is 0 Å². The first-order valence-electron chi connectivity index (χ1n) is 22.0. The first-order chi connectivity index (χ1) is 40.9. The number of sulfone groups is 1. The molecule has 6 aromatic carbocycles. The number of aromatic nitrogens is 3. The molecule has 11 N–H and O–H groups in total. The molecule has 1 heterocycles. The van der Waals surface area contributed by atoms with Gasteiger partial charge >= 0.3 is 10.4 Å². The maximum Gasteiger partial charge on any atom is 0.397 e. The summed E-state index contributed by atoms with van der Waals surface area (Å²) in [5.74, 6) is -4.58. The van der Waals surface area contributed by atoms with Gasteiger partial charge in [0.15, 0.2) is 32.4 Å². The van der Waals surface area contributed by atoms with Gasteiger partial charge in [0.2, 0.25) is 17.2 Å². The highest BCUT2D eigenvalue weighted by molar-refractivity contribution is 7.95. The van der Waals surface area contributed by atoms with E-state index >= 15 is 0 Å². The van der Waals surface area contributed by atoms with Crippen molar-refractivity contribution in [3.8, 4) is 11.5 Å². The Bertz CT molecular complexity index is 4450. The average molecular weight is 1410 g/mol. The molecule has 0 aliphatic heterocycles. The zero-order valence-electron chi connectivity index (χ0n) is 41.7. The van der Waals surface area contributed by atoms with Gasteiger partial charge in [-0.15, -0.1) is 28.3 Å². The summed E-state index contributed by atoms with van der Waals surface area (Å²) in [6, 6.07) is 13.6. The smallest absolute Gasteiger partial charge is 0.397 e. The van der Waals surface area contributed by atoms with Gasteiger partial charge in [-0.25, -0.2) is 37.5 Å². The van der Waals surface area contributed by atoms with Gasteiger partial charge < -0.3 is 20.8 Å². The lowest BCUT2D eigenvalue weighted by atomic mass is 10.1. The van der Waals surface area contributed by atoms with Crippen LogP contribution in [0.25, 0.3) is 21.5 Å². The molecular formula is C39H32ClN9O29S9. The van der Waals surface area contributed by atoms with E-state index in [4.69, 9.17) is 41.1 Å². The molecular weight excluding hydrogens is 1380 g/mol. The number of hydrogen-bond acceptors (Lipinski definition) is 37. The first-order valence-corrected chi connectivity index (χ1v) is 33.2. The van der Waals surface area contributed by atoms with Gasteiger partial charge in [-0.2, -0.15) is 58.1 Å². The van der Waals surface area contributed by atoms with Gasteiger partial charge in [0.25, 0.3) is 30.4 Å². The summed E-state index contributed by atoms with van der Waals surface area (Å²) in [7, 11) is -26.1. The Labute approximate surface area is 506 Å². The van der Waals surface area contributed by atoms with Gasteiger partial charge in [-0.3, -0.25) is 18.2 Å². The van der Waals surface area contributed by atoms with Crippen molar-refractivity contribution in [3.05, 3.63) is 84.1 Å². The minimum atomic E-state index is -5.48. The predicted octanol–water partition coefficient (Wildman–Crippen LogP) is 7.79. The van der Waals surface area contributed by atoms with Gasteiger partial charge in [-0.1, -0.05) is 15.1 Å². The van der Waals surface area contributed by atoms with E-state index in [1.54, 1.807) is 0 Å². The molecule has 0 amide bonds. The number of phenolic OH excluding ortho intramolecular Hbond substituents is 2. The highest BCUT2D eigenvalue weighted by Gasteiger charge is 2.29. The van der Waals surface area contributed by atoms with Crippen molar-refractivity contribution in [2.45, 2.75) is 34.3 Å². The number of rotatable bonds is 30. The maximum atomic E-state index is 13.2. The second-order valence-corrected chi connectivity index (χ2v) is 27.0. The van der Waals surface area contributed by atoms with Crippen LogP contribution in [0.3, 0.4) is 0 Å². The van der Waals surface area contributed by atoms with Crippen molar-refractivity contribution in [1.29, 1.82) is 0 Å². The third-order valence-electron chi connectivity index (χ3n) is 10.4. The topological polar surface area (TPSA) is 565 Å². The van der Waals surface area contributed by atoms with Gasteiger partial charge in [-0.05, 0) is 95.8 Å². The first kappa shape index (κ1) is 68.3. The summed E-state index contributed by atoms with van der Waals surface area (Å²) in [6.07, 6.45) is 0. The van der Waals surface area contributed by atoms with E-state index in [-0.39, 0.29) is 68.4 Å². The zero-order chi connectivity index (χ0) is 63.6. The zero-order valence-corrected chi connectivity index (χ0v) is 49.8. The minimum Gasteiger partial charge on any atom is -0.505 e. The van der Waals surface area contributed by atoms with Crippen molar-refractivity contribution in [2.75, 3.05) is 35.4 Å². The average Bonchev–Trinajstić information content (AvgIpc) is 0.873. The number of anilines is 4. The second kappa shape index (κ2) is 29.0. The lowest BCUT2D eigenvalue weighted by Gasteiger charge is -2.16. The largest absolute Gasteiger partial charge is 0.505 e. The van der Waals surface area contributed by atoms with E-state index in [9.17, 15) is 70.2 Å². The maximum absolute atomic E-state index is 13.2. The highest BCUT2D eigenvalue weighted by Crippen LogP contribution is 2.49. The van der Waals surface area contributed by atoms with E-state index in [0.29, 0.717) is 29.2 Å². The molecule has 87 heavy (non-hydrogen) atoms. The summed E-state index contributed by atoms with van der Waals surface area (Å²) < 4.78 is 198. The molecule has 7 aromatic rings. The minimum absolute atomic E-state index is 0.111. The fourth-order valence-corrected chi connectivity index (χ4v) is 12.6. The molecule has 468 valence electrons. The van der Waals surface area contributed by atoms with E-state index in [1.165, 1.54) is 24.3 Å². The molecule has 0 fully saturated rings. The number of azo groups is 2. The number of aromatic hydroxyl groups is 2. The summed E-state index contributed by atoms with van der Waals surface area (Å²) in [5.41, 5.74) is -3.22. The van der Waals surface area contributed by atoms with Crippen LogP contribution in [0.15, 0.2) is 134 Å². The van der Waals surface area contributed by atoms with Crippen LogP contribution >= 0.6 is 47.7 Å². The molecule has 7 rings (SSSR count). The highest BCUT2D eigenvalue weighted by atomic mass is 35.5. The molecule has 38 nitrogen and oxygen atoms in total. The van der Waals surface area contributed by atoms with E-state index in [0.717, 1.165) is 42.4 Å². The molecule has 0 saturated heterocycles. The number of hydrogen-bond donors (Lipinski definition) is 11. The predicted molar refractivity (Wildman–Crippen MR) is 295 cm³/mol. The van der Waals surface area contributed by atoms with Crippen LogP contribution in [0.2, 0.25) is 5.28 Å². The third-order valence-corrected chi connectivity index (χ3v) is 17.9. The Morgan fingerprint density at radius 2 is 1.24 bits per heavy atom. The van der Waals surface area contributed by atoms with E-state index in [1.807, 2.05) is 0 Å². The Balaban J connectivity index is 1.25. The van der Waals surface area contributed by atoms with Crippen LogP contribution in [0.5, 0.6) is 11.5 Å². The molecule has 0 aliphatic carbocycles. The molecule has 48 heteroatoms. The third kappa shape index (κ3) is 18.2. The van der Waals surface area contributed by atoms with Crippen LogP contribution < -0.4 is 10.6 Å². The van der Waals surface area contributed by atoms with Crippen LogP contribution in [-0.2, 0) is 103 Å². The fourth-order valence-electron chi connectivity index (χ4n) is 7.03. The Kier molecular flexibility index (Phi) is 22.8. The van der Waals surface area contributed by atoms with Crippen LogP contribution in [0.1, 0.15) is 0 Å². The number of nitrogens with one attached hydrogen (secondary N) is 2. The van der Waals surface area contributed by atoms with Crippen molar-refractivity contribution in [1.82, 2.24) is 15.0 Å². The molecule has 0 aliphatic rings. The van der Waals surface area contributed by atoms with Crippen molar-refractivity contribution in [2.24, 2.45) is 20.5 Å². The van der Waals surface area contributed by atoms with Gasteiger partial charge in [0.05, 0.1) is 87.7 Å². The number of fused-ring (bicyclic) bond motifs is 2.